The fourth-order valence-corrected chi connectivity index (χ4v) is 4.68. The molecule has 86 valence electrons. The van der Waals surface area contributed by atoms with Crippen LogP contribution in [0, 0.1) is 17.8 Å². The number of primary sulfonamides is 1. The van der Waals surface area contributed by atoms with Gasteiger partial charge in [0.05, 0.1) is 18.3 Å². The van der Waals surface area contributed by atoms with Crippen molar-refractivity contribution in [1.82, 2.24) is 0 Å². The summed E-state index contributed by atoms with van der Waals surface area (Å²) >= 11 is 0. The van der Waals surface area contributed by atoms with Gasteiger partial charge in [0.25, 0.3) is 0 Å². The Morgan fingerprint density at radius 1 is 1.33 bits per heavy atom. The number of ether oxygens (including phenoxy) is 1. The third-order valence-corrected chi connectivity index (χ3v) is 5.12. The zero-order chi connectivity index (χ0) is 11.2. The van der Waals surface area contributed by atoms with E-state index in [1.807, 2.05) is 0 Å². The number of carbonyl (C=O) groups is 1. The maximum atomic E-state index is 11.5. The lowest BCUT2D eigenvalue weighted by atomic mass is 9.66. The van der Waals surface area contributed by atoms with Crippen molar-refractivity contribution in [2.45, 2.75) is 24.5 Å². The van der Waals surface area contributed by atoms with Crippen molar-refractivity contribution in [3.8, 4) is 0 Å². The van der Waals surface area contributed by atoms with Gasteiger partial charge in [0.15, 0.2) is 0 Å². The molecule has 0 spiro atoms. The summed E-state index contributed by atoms with van der Waals surface area (Å²) in [6.07, 6.45) is 2.75. The number of carbonyl (C=O) groups excluding carboxylic acids is 1. The van der Waals surface area contributed by atoms with Crippen LogP contribution < -0.4 is 5.14 Å². The average Bonchev–Trinajstić information content (AvgIpc) is 2.46. The minimum Gasteiger partial charge on any atom is -0.469 e. The van der Waals surface area contributed by atoms with E-state index in [9.17, 15) is 13.2 Å². The standard InChI is InChI=1S/C9H15NO4S/c1-14-9(11)7-5-3-2-4-6(5)8(7)15(10,12)13/h5-8H,2-4H2,1H3,(H2,10,12,13)/t5-,6+,7-,8-/m0/s1. The molecule has 0 heterocycles. The van der Waals surface area contributed by atoms with E-state index in [0.717, 1.165) is 19.3 Å². The predicted octanol–water partition coefficient (Wildman–Crippen LogP) is -0.137. The van der Waals surface area contributed by atoms with Crippen LogP contribution in [0.5, 0.6) is 0 Å². The predicted molar refractivity (Wildman–Crippen MR) is 53.2 cm³/mol. The van der Waals surface area contributed by atoms with E-state index in [4.69, 9.17) is 5.14 Å². The minimum atomic E-state index is -3.63. The Morgan fingerprint density at radius 3 is 2.47 bits per heavy atom. The minimum absolute atomic E-state index is 0.0732. The van der Waals surface area contributed by atoms with Gasteiger partial charge in [-0.05, 0) is 24.7 Å². The number of rotatable bonds is 2. The van der Waals surface area contributed by atoms with Crippen molar-refractivity contribution < 1.29 is 17.9 Å². The molecule has 2 aliphatic rings. The smallest absolute Gasteiger partial charge is 0.310 e. The Morgan fingerprint density at radius 2 is 1.93 bits per heavy atom. The maximum Gasteiger partial charge on any atom is 0.310 e. The topological polar surface area (TPSA) is 86.5 Å². The van der Waals surface area contributed by atoms with Crippen LogP contribution in [-0.4, -0.2) is 26.7 Å². The molecule has 2 rings (SSSR count). The third kappa shape index (κ3) is 1.56. The Hall–Kier alpha value is -0.620. The van der Waals surface area contributed by atoms with Gasteiger partial charge in [-0.15, -0.1) is 0 Å². The van der Waals surface area contributed by atoms with Gasteiger partial charge in [-0.2, -0.15) is 0 Å². The lowest BCUT2D eigenvalue weighted by Gasteiger charge is -2.45. The molecule has 0 aromatic heterocycles. The molecular weight excluding hydrogens is 218 g/mol. The molecule has 0 radical (unpaired) electrons. The highest BCUT2D eigenvalue weighted by molar-refractivity contribution is 7.89. The summed E-state index contributed by atoms with van der Waals surface area (Å²) in [7, 11) is -2.34. The molecule has 2 N–H and O–H groups in total. The SMILES string of the molecule is COC(=O)[C@H]1[C@H]2CCC[C@H]2[C@@H]1S(N)(=O)=O. The normalized spacial score (nSPS) is 39.3. The van der Waals surface area contributed by atoms with E-state index < -0.39 is 27.2 Å². The number of hydrogen-bond acceptors (Lipinski definition) is 4. The molecule has 15 heavy (non-hydrogen) atoms. The lowest BCUT2D eigenvalue weighted by Crippen LogP contribution is -2.58. The first-order chi connectivity index (χ1) is 6.96. The summed E-state index contributed by atoms with van der Waals surface area (Å²) in [4.78, 5) is 11.5. The summed E-state index contributed by atoms with van der Waals surface area (Å²) in [5.41, 5.74) is 0. The first-order valence-corrected chi connectivity index (χ1v) is 6.67. The zero-order valence-electron chi connectivity index (χ0n) is 8.55. The Kier molecular flexibility index (Phi) is 2.50. The molecule has 2 aliphatic carbocycles. The second kappa shape index (κ2) is 3.45. The summed E-state index contributed by atoms with van der Waals surface area (Å²) < 4.78 is 27.3. The molecule has 0 saturated heterocycles. The first-order valence-electron chi connectivity index (χ1n) is 5.06. The van der Waals surface area contributed by atoms with Crippen molar-refractivity contribution in [2.24, 2.45) is 22.9 Å². The summed E-state index contributed by atoms with van der Waals surface area (Å²) in [6.45, 7) is 0. The van der Waals surface area contributed by atoms with Gasteiger partial charge in [0.2, 0.25) is 10.0 Å². The van der Waals surface area contributed by atoms with Gasteiger partial charge in [0, 0.05) is 0 Å². The van der Waals surface area contributed by atoms with E-state index in [0.29, 0.717) is 0 Å². The molecule has 2 saturated carbocycles. The lowest BCUT2D eigenvalue weighted by molar-refractivity contribution is -0.153. The van der Waals surface area contributed by atoms with Gasteiger partial charge >= 0.3 is 5.97 Å². The van der Waals surface area contributed by atoms with Crippen molar-refractivity contribution in [3.63, 3.8) is 0 Å². The van der Waals surface area contributed by atoms with Crippen molar-refractivity contribution >= 4 is 16.0 Å². The molecule has 2 fully saturated rings. The largest absolute Gasteiger partial charge is 0.469 e. The molecule has 5 nitrogen and oxygen atoms in total. The van der Waals surface area contributed by atoms with E-state index in [1.165, 1.54) is 7.11 Å². The van der Waals surface area contributed by atoms with Crippen LogP contribution in [0.3, 0.4) is 0 Å². The fraction of sp³-hybridized carbons (Fsp3) is 0.889. The van der Waals surface area contributed by atoms with Crippen LogP contribution in [0.25, 0.3) is 0 Å². The van der Waals surface area contributed by atoms with Gasteiger partial charge in [-0.3, -0.25) is 4.79 Å². The van der Waals surface area contributed by atoms with Gasteiger partial charge < -0.3 is 4.74 Å². The number of nitrogens with two attached hydrogens (primary N) is 1. The van der Waals surface area contributed by atoms with Crippen molar-refractivity contribution in [3.05, 3.63) is 0 Å². The Balaban J connectivity index is 2.25. The molecule has 0 amide bonds. The fourth-order valence-electron chi connectivity index (χ4n) is 3.13. The maximum absolute atomic E-state index is 11.5. The van der Waals surface area contributed by atoms with E-state index >= 15 is 0 Å². The van der Waals surface area contributed by atoms with Gasteiger partial charge in [0.1, 0.15) is 0 Å². The van der Waals surface area contributed by atoms with Gasteiger partial charge in [-0.1, -0.05) is 6.42 Å². The highest BCUT2D eigenvalue weighted by Crippen LogP contribution is 2.53. The molecule has 0 aliphatic heterocycles. The van der Waals surface area contributed by atoms with Crippen LogP contribution >= 0.6 is 0 Å². The summed E-state index contributed by atoms with van der Waals surface area (Å²) in [5.74, 6) is -0.723. The average molecular weight is 233 g/mol. The number of sulfonamides is 1. The van der Waals surface area contributed by atoms with Crippen molar-refractivity contribution in [2.75, 3.05) is 7.11 Å². The molecule has 0 aromatic carbocycles. The van der Waals surface area contributed by atoms with Crippen molar-refractivity contribution in [1.29, 1.82) is 0 Å². The number of fused-ring (bicyclic) bond motifs is 1. The molecule has 4 atom stereocenters. The molecule has 0 aromatic rings. The van der Waals surface area contributed by atoms with Crippen LogP contribution in [0.2, 0.25) is 0 Å². The number of esters is 1. The van der Waals surface area contributed by atoms with Gasteiger partial charge in [-0.25, -0.2) is 13.6 Å². The second-order valence-corrected chi connectivity index (χ2v) is 6.08. The number of hydrogen-bond donors (Lipinski definition) is 1. The zero-order valence-corrected chi connectivity index (χ0v) is 9.37. The molecular formula is C9H15NO4S. The van der Waals surface area contributed by atoms with E-state index in [2.05, 4.69) is 4.74 Å². The monoisotopic (exact) mass is 233 g/mol. The van der Waals surface area contributed by atoms with Crippen LogP contribution in [0.4, 0.5) is 0 Å². The Bertz CT molecular complexity index is 378. The number of methoxy groups -OCH3 is 1. The van der Waals surface area contributed by atoms with E-state index in [-0.39, 0.29) is 11.8 Å². The Labute approximate surface area is 89.0 Å². The first kappa shape index (κ1) is 10.9. The van der Waals surface area contributed by atoms with Crippen LogP contribution in [-0.2, 0) is 19.6 Å². The molecule has 6 heteroatoms. The third-order valence-electron chi connectivity index (χ3n) is 3.71. The highest BCUT2D eigenvalue weighted by atomic mass is 32.2. The highest BCUT2D eigenvalue weighted by Gasteiger charge is 2.60. The summed E-state index contributed by atoms with van der Waals surface area (Å²) in [6, 6.07) is 0. The second-order valence-electron chi connectivity index (χ2n) is 4.36. The van der Waals surface area contributed by atoms with E-state index in [1.54, 1.807) is 0 Å². The van der Waals surface area contributed by atoms with Crippen LogP contribution in [0.1, 0.15) is 19.3 Å². The van der Waals surface area contributed by atoms with Crippen LogP contribution in [0.15, 0.2) is 0 Å². The molecule has 0 unspecified atom stereocenters. The quantitative estimate of drug-likeness (QED) is 0.673. The molecule has 0 bridgehead atoms. The summed E-state index contributed by atoms with van der Waals surface area (Å²) in [5, 5.41) is 4.43.